The number of carbonyl (C=O) groups excluding carboxylic acids is 3. The molecular formula is C29H34N4O6. The van der Waals surface area contributed by atoms with Gasteiger partial charge in [0.05, 0.1) is 6.42 Å². The van der Waals surface area contributed by atoms with E-state index >= 15 is 0 Å². The van der Waals surface area contributed by atoms with Gasteiger partial charge in [-0.3, -0.25) is 14.4 Å². The smallest absolute Gasteiger partial charge is 0.407 e. The Kier molecular flexibility index (Phi) is 8.11. The van der Waals surface area contributed by atoms with E-state index in [4.69, 9.17) is 9.84 Å². The average molecular weight is 535 g/mol. The minimum absolute atomic E-state index is 0.0511. The number of nitrogens with one attached hydrogen (secondary N) is 3. The lowest BCUT2D eigenvalue weighted by atomic mass is 9.98. The fourth-order valence-electron chi connectivity index (χ4n) is 5.93. The largest absolute Gasteiger partial charge is 0.481 e. The molecule has 39 heavy (non-hydrogen) atoms. The number of alkyl carbamates (subject to hydrolysis) is 1. The number of rotatable bonds is 11. The van der Waals surface area contributed by atoms with Crippen LogP contribution < -0.4 is 16.0 Å². The summed E-state index contributed by atoms with van der Waals surface area (Å²) in [6.07, 6.45) is 0.922. The van der Waals surface area contributed by atoms with Crippen LogP contribution in [0, 0.1) is 0 Å². The van der Waals surface area contributed by atoms with Crippen LogP contribution in [-0.2, 0) is 19.1 Å². The lowest BCUT2D eigenvalue weighted by Gasteiger charge is -2.27. The van der Waals surface area contributed by atoms with E-state index < -0.39 is 24.0 Å². The van der Waals surface area contributed by atoms with Gasteiger partial charge < -0.3 is 30.7 Å². The van der Waals surface area contributed by atoms with Gasteiger partial charge in [0.25, 0.3) is 0 Å². The van der Waals surface area contributed by atoms with Gasteiger partial charge in [-0.05, 0) is 41.5 Å². The molecule has 0 unspecified atom stereocenters. The van der Waals surface area contributed by atoms with Crippen molar-refractivity contribution in [3.8, 4) is 11.1 Å². The Morgan fingerprint density at radius 1 is 1.03 bits per heavy atom. The highest BCUT2D eigenvalue weighted by Crippen LogP contribution is 2.44. The molecule has 2 saturated heterocycles. The fraction of sp³-hybridized carbons (Fsp3) is 0.448. The third kappa shape index (κ3) is 6.06. The van der Waals surface area contributed by atoms with E-state index in [0.717, 1.165) is 35.2 Å². The quantitative estimate of drug-likeness (QED) is 0.347. The molecule has 10 heteroatoms. The molecule has 2 bridgehead atoms. The molecule has 0 saturated carbocycles. The van der Waals surface area contributed by atoms with Crippen molar-refractivity contribution in [3.63, 3.8) is 0 Å². The van der Waals surface area contributed by atoms with Gasteiger partial charge in [-0.1, -0.05) is 48.5 Å². The molecule has 3 amide bonds. The Morgan fingerprint density at radius 2 is 1.72 bits per heavy atom. The highest BCUT2D eigenvalue weighted by molar-refractivity contribution is 5.86. The molecule has 3 aliphatic rings. The number of hydrogen-bond acceptors (Lipinski definition) is 6. The number of carboxylic acid groups (broad SMARTS) is 1. The molecule has 3 atom stereocenters. The van der Waals surface area contributed by atoms with Crippen molar-refractivity contribution in [2.24, 2.45) is 0 Å². The summed E-state index contributed by atoms with van der Waals surface area (Å²) in [7, 11) is 0. The zero-order chi connectivity index (χ0) is 27.4. The maximum atomic E-state index is 12.8. The Labute approximate surface area is 227 Å². The second kappa shape index (κ2) is 11.9. The first-order valence-corrected chi connectivity index (χ1v) is 13.5. The molecule has 0 aromatic heterocycles. The molecule has 0 radical (unpaired) electrons. The summed E-state index contributed by atoms with van der Waals surface area (Å²) < 4.78 is 5.60. The van der Waals surface area contributed by atoms with Gasteiger partial charge in [-0.15, -0.1) is 0 Å². The molecule has 1 aliphatic carbocycles. The number of ether oxygens (including phenoxy) is 1. The summed E-state index contributed by atoms with van der Waals surface area (Å²) in [5.41, 5.74) is 4.39. The normalized spacial score (nSPS) is 19.7. The van der Waals surface area contributed by atoms with Crippen molar-refractivity contribution >= 4 is 23.9 Å². The van der Waals surface area contributed by atoms with Gasteiger partial charge in [0.15, 0.2) is 0 Å². The van der Waals surface area contributed by atoms with Gasteiger partial charge in [0, 0.05) is 44.1 Å². The number of fused-ring (bicyclic) bond motifs is 5. The van der Waals surface area contributed by atoms with Crippen molar-refractivity contribution in [1.29, 1.82) is 0 Å². The van der Waals surface area contributed by atoms with Crippen molar-refractivity contribution in [2.45, 2.75) is 56.1 Å². The molecule has 0 spiro atoms. The monoisotopic (exact) mass is 534 g/mol. The van der Waals surface area contributed by atoms with E-state index in [2.05, 4.69) is 28.1 Å². The van der Waals surface area contributed by atoms with E-state index in [9.17, 15) is 19.2 Å². The van der Waals surface area contributed by atoms with Crippen molar-refractivity contribution < 1.29 is 29.0 Å². The molecule has 2 aromatic carbocycles. The van der Waals surface area contributed by atoms with Crippen molar-refractivity contribution in [3.05, 3.63) is 59.7 Å². The van der Waals surface area contributed by atoms with E-state index in [-0.39, 0.29) is 50.3 Å². The van der Waals surface area contributed by atoms with Crippen LogP contribution in [0.3, 0.4) is 0 Å². The molecule has 2 aromatic rings. The standard InChI is InChI=1S/C29H34N4O6/c34-26(33-16-18-14-19(33)15-31-18)11-5-10-25(28(37)30-13-12-27(35)36)32-29(38)39-17-24-22-8-3-1-6-20(22)21-7-2-4-9-23(21)24/h1-4,6-9,18-19,24-25,31H,5,10-17H2,(H,30,37)(H,32,38)(H,35,36)/t18-,19-,25-/m0/s1. The van der Waals surface area contributed by atoms with Crippen LogP contribution in [0.2, 0.25) is 0 Å². The number of carboxylic acids is 1. The number of aliphatic carboxylic acids is 1. The first-order chi connectivity index (χ1) is 18.9. The van der Waals surface area contributed by atoms with Gasteiger partial charge in [-0.25, -0.2) is 4.79 Å². The van der Waals surface area contributed by atoms with E-state index in [0.29, 0.717) is 19.0 Å². The number of nitrogens with zero attached hydrogens (tertiary/aromatic N) is 1. The number of piperazine rings is 1. The summed E-state index contributed by atoms with van der Waals surface area (Å²) in [5, 5.41) is 17.5. The van der Waals surface area contributed by atoms with Crippen LogP contribution in [0.15, 0.2) is 48.5 Å². The number of benzene rings is 2. The third-order valence-corrected chi connectivity index (χ3v) is 7.85. The SMILES string of the molecule is O=C(O)CCNC(=O)[C@H](CCCC(=O)N1C[C@@H]2C[C@H]1CN2)NC(=O)OCC1c2ccccc2-c2ccccc21. The molecule has 4 N–H and O–H groups in total. The summed E-state index contributed by atoms with van der Waals surface area (Å²) in [6.45, 7) is 1.58. The maximum absolute atomic E-state index is 12.8. The van der Waals surface area contributed by atoms with Crippen LogP contribution in [0.25, 0.3) is 11.1 Å². The van der Waals surface area contributed by atoms with E-state index in [1.807, 2.05) is 41.3 Å². The lowest BCUT2D eigenvalue weighted by molar-refractivity contribution is -0.137. The van der Waals surface area contributed by atoms with Crippen LogP contribution in [0.1, 0.15) is 49.1 Å². The van der Waals surface area contributed by atoms with E-state index in [1.54, 1.807) is 0 Å². The fourth-order valence-corrected chi connectivity index (χ4v) is 5.93. The van der Waals surface area contributed by atoms with Gasteiger partial charge >= 0.3 is 12.1 Å². The van der Waals surface area contributed by atoms with Gasteiger partial charge in [0.1, 0.15) is 12.6 Å². The summed E-state index contributed by atoms with van der Waals surface area (Å²) in [5.74, 6) is -1.60. The zero-order valence-electron chi connectivity index (χ0n) is 21.7. The van der Waals surface area contributed by atoms with Gasteiger partial charge in [0.2, 0.25) is 11.8 Å². The second-order valence-electron chi connectivity index (χ2n) is 10.4. The van der Waals surface area contributed by atoms with Crippen molar-refractivity contribution in [2.75, 3.05) is 26.2 Å². The highest BCUT2D eigenvalue weighted by Gasteiger charge is 2.39. The molecular weight excluding hydrogens is 500 g/mol. The lowest BCUT2D eigenvalue weighted by Crippen LogP contribution is -2.48. The Hall–Kier alpha value is -3.92. The summed E-state index contributed by atoms with van der Waals surface area (Å²) in [4.78, 5) is 51.1. The summed E-state index contributed by atoms with van der Waals surface area (Å²) >= 11 is 0. The predicted octanol–water partition coefficient (Wildman–Crippen LogP) is 2.23. The summed E-state index contributed by atoms with van der Waals surface area (Å²) in [6, 6.07) is 15.7. The Bertz CT molecular complexity index is 1200. The molecule has 2 fully saturated rings. The average Bonchev–Trinajstić information content (AvgIpc) is 3.65. The Morgan fingerprint density at radius 3 is 2.33 bits per heavy atom. The van der Waals surface area contributed by atoms with E-state index in [1.165, 1.54) is 0 Å². The first kappa shape index (κ1) is 26.7. The third-order valence-electron chi connectivity index (χ3n) is 7.85. The van der Waals surface area contributed by atoms with Crippen LogP contribution in [-0.4, -0.2) is 78.3 Å². The molecule has 10 nitrogen and oxygen atoms in total. The highest BCUT2D eigenvalue weighted by atomic mass is 16.5. The van der Waals surface area contributed by atoms with Gasteiger partial charge in [-0.2, -0.15) is 0 Å². The topological polar surface area (TPSA) is 137 Å². The second-order valence-corrected chi connectivity index (χ2v) is 10.4. The number of amides is 3. The van der Waals surface area contributed by atoms with Crippen molar-refractivity contribution in [1.82, 2.24) is 20.9 Å². The zero-order valence-corrected chi connectivity index (χ0v) is 21.7. The van der Waals surface area contributed by atoms with Crippen LogP contribution in [0.4, 0.5) is 4.79 Å². The molecule has 206 valence electrons. The van der Waals surface area contributed by atoms with Crippen LogP contribution >= 0.6 is 0 Å². The van der Waals surface area contributed by atoms with Crippen LogP contribution in [0.5, 0.6) is 0 Å². The maximum Gasteiger partial charge on any atom is 0.407 e. The number of carbonyl (C=O) groups is 4. The number of hydrogen-bond donors (Lipinski definition) is 4. The minimum atomic E-state index is -1.03. The predicted molar refractivity (Wildman–Crippen MR) is 143 cm³/mol. The Balaban J connectivity index is 1.17. The number of likely N-dealkylation sites (tertiary alicyclic amines) is 1. The molecule has 5 rings (SSSR count). The molecule has 2 heterocycles. The minimum Gasteiger partial charge on any atom is -0.481 e. The first-order valence-electron chi connectivity index (χ1n) is 13.5. The molecule has 2 aliphatic heterocycles.